The zero-order valence-electron chi connectivity index (χ0n) is 15.5. The number of hydrogen-bond donors (Lipinski definition) is 0. The highest BCUT2D eigenvalue weighted by Gasteiger charge is 2.55. The Balaban J connectivity index is 1.33. The molecule has 1 aromatic heterocycles. The second-order valence-corrected chi connectivity index (χ2v) is 7.38. The molecule has 0 aliphatic carbocycles. The van der Waals surface area contributed by atoms with E-state index in [2.05, 4.69) is 10.3 Å². The molecule has 1 aromatic rings. The van der Waals surface area contributed by atoms with Gasteiger partial charge in [0.25, 0.3) is 0 Å². The zero-order valence-corrected chi connectivity index (χ0v) is 15.5. The SMILES string of the molecule is CO[C@@H]1O[C@H](Cn2cc(COC3CCCCO3)nn2)C2OC(C)(C)OC21. The molecular formula is C17H27N3O6. The smallest absolute Gasteiger partial charge is 0.186 e. The molecule has 5 atom stereocenters. The molecule has 3 aliphatic rings. The van der Waals surface area contributed by atoms with E-state index < -0.39 is 12.1 Å². The predicted octanol–water partition coefficient (Wildman–Crippen LogP) is 1.21. The van der Waals surface area contributed by atoms with Gasteiger partial charge in [0.15, 0.2) is 18.4 Å². The van der Waals surface area contributed by atoms with Crippen molar-refractivity contribution in [3.8, 4) is 0 Å². The van der Waals surface area contributed by atoms with Crippen LogP contribution in [0.3, 0.4) is 0 Å². The van der Waals surface area contributed by atoms with Crippen molar-refractivity contribution in [1.29, 1.82) is 0 Å². The molecule has 9 nitrogen and oxygen atoms in total. The maximum Gasteiger partial charge on any atom is 0.186 e. The van der Waals surface area contributed by atoms with E-state index in [1.807, 2.05) is 20.0 Å². The average Bonchev–Trinajstić information content (AvgIpc) is 3.28. The van der Waals surface area contributed by atoms with E-state index in [4.69, 9.17) is 28.4 Å². The van der Waals surface area contributed by atoms with Gasteiger partial charge >= 0.3 is 0 Å². The Bertz CT molecular complexity index is 603. The predicted molar refractivity (Wildman–Crippen MR) is 87.9 cm³/mol. The normalized spacial score (nSPS) is 36.3. The van der Waals surface area contributed by atoms with Crippen molar-refractivity contribution in [2.24, 2.45) is 0 Å². The summed E-state index contributed by atoms with van der Waals surface area (Å²) in [7, 11) is 1.61. The quantitative estimate of drug-likeness (QED) is 0.740. The van der Waals surface area contributed by atoms with Crippen molar-refractivity contribution in [3.63, 3.8) is 0 Å². The highest BCUT2D eigenvalue weighted by atomic mass is 16.8. The van der Waals surface area contributed by atoms with E-state index >= 15 is 0 Å². The Morgan fingerprint density at radius 1 is 1.27 bits per heavy atom. The molecule has 0 amide bonds. The summed E-state index contributed by atoms with van der Waals surface area (Å²) in [6, 6.07) is 0. The van der Waals surface area contributed by atoms with Crippen molar-refractivity contribution in [3.05, 3.63) is 11.9 Å². The molecule has 0 radical (unpaired) electrons. The second-order valence-electron chi connectivity index (χ2n) is 7.38. The van der Waals surface area contributed by atoms with Crippen LogP contribution in [-0.4, -0.2) is 65.4 Å². The van der Waals surface area contributed by atoms with E-state index in [0.717, 1.165) is 31.6 Å². The monoisotopic (exact) mass is 369 g/mol. The van der Waals surface area contributed by atoms with E-state index in [-0.39, 0.29) is 24.6 Å². The summed E-state index contributed by atoms with van der Waals surface area (Å²) in [5.41, 5.74) is 0.765. The van der Waals surface area contributed by atoms with Gasteiger partial charge in [-0.25, -0.2) is 4.68 Å². The molecular weight excluding hydrogens is 342 g/mol. The highest BCUT2D eigenvalue weighted by molar-refractivity contribution is 4.96. The van der Waals surface area contributed by atoms with Crippen molar-refractivity contribution in [1.82, 2.24) is 15.0 Å². The van der Waals surface area contributed by atoms with Gasteiger partial charge in [-0.05, 0) is 33.1 Å². The van der Waals surface area contributed by atoms with Gasteiger partial charge in [0.1, 0.15) is 24.0 Å². The van der Waals surface area contributed by atoms with Crippen LogP contribution in [0.4, 0.5) is 0 Å². The first-order valence-corrected chi connectivity index (χ1v) is 9.20. The summed E-state index contributed by atoms with van der Waals surface area (Å²) in [6.07, 6.45) is 3.79. The van der Waals surface area contributed by atoms with Gasteiger partial charge in [-0.1, -0.05) is 5.21 Å². The topological polar surface area (TPSA) is 86.1 Å². The second kappa shape index (κ2) is 7.49. The molecule has 3 unspecified atom stereocenters. The lowest BCUT2D eigenvalue weighted by molar-refractivity contribution is -0.228. The first-order chi connectivity index (χ1) is 12.5. The Hall–Kier alpha value is -1.10. The Labute approximate surface area is 152 Å². The summed E-state index contributed by atoms with van der Waals surface area (Å²) < 4.78 is 36.3. The molecule has 146 valence electrons. The van der Waals surface area contributed by atoms with Crippen molar-refractivity contribution < 1.29 is 28.4 Å². The van der Waals surface area contributed by atoms with E-state index in [1.54, 1.807) is 11.8 Å². The molecule has 0 spiro atoms. The van der Waals surface area contributed by atoms with Crippen LogP contribution in [0.15, 0.2) is 6.20 Å². The number of hydrogen-bond acceptors (Lipinski definition) is 8. The number of methoxy groups -OCH3 is 1. The summed E-state index contributed by atoms with van der Waals surface area (Å²) in [5, 5.41) is 8.34. The third-order valence-corrected chi connectivity index (χ3v) is 4.85. The van der Waals surface area contributed by atoms with Gasteiger partial charge in [0.2, 0.25) is 0 Å². The molecule has 0 bridgehead atoms. The van der Waals surface area contributed by atoms with E-state index in [0.29, 0.717) is 13.2 Å². The number of nitrogens with zero attached hydrogens (tertiary/aromatic N) is 3. The van der Waals surface area contributed by atoms with Crippen molar-refractivity contribution in [2.75, 3.05) is 13.7 Å². The van der Waals surface area contributed by atoms with Crippen molar-refractivity contribution >= 4 is 0 Å². The van der Waals surface area contributed by atoms with Gasteiger partial charge < -0.3 is 28.4 Å². The van der Waals surface area contributed by atoms with Gasteiger partial charge in [0.05, 0.1) is 19.3 Å². The Morgan fingerprint density at radius 3 is 2.88 bits per heavy atom. The molecule has 3 aliphatic heterocycles. The Morgan fingerprint density at radius 2 is 2.12 bits per heavy atom. The number of rotatable bonds is 6. The van der Waals surface area contributed by atoms with Gasteiger partial charge in [0, 0.05) is 13.7 Å². The van der Waals surface area contributed by atoms with Crippen LogP contribution in [0.5, 0.6) is 0 Å². The molecule has 9 heteroatoms. The standard InChI is InChI=1S/C17H27N3O6/c1-17(2)25-14-12(24-16(21-3)15(14)26-17)9-20-8-11(18-19-20)10-23-13-6-4-5-7-22-13/h8,12-16H,4-7,9-10H2,1-3H3/t12-,13?,14?,15?,16-/m1/s1. The summed E-state index contributed by atoms with van der Waals surface area (Å²) in [5.74, 6) is -0.643. The minimum absolute atomic E-state index is 0.137. The number of fused-ring (bicyclic) bond motifs is 1. The molecule has 3 fully saturated rings. The zero-order chi connectivity index (χ0) is 18.1. The molecule has 4 heterocycles. The average molecular weight is 369 g/mol. The van der Waals surface area contributed by atoms with Crippen LogP contribution in [0.2, 0.25) is 0 Å². The maximum absolute atomic E-state index is 5.99. The molecule has 0 N–H and O–H groups in total. The summed E-state index contributed by atoms with van der Waals surface area (Å²) in [4.78, 5) is 0. The Kier molecular flexibility index (Phi) is 5.27. The number of ether oxygens (including phenoxy) is 6. The fraction of sp³-hybridized carbons (Fsp3) is 0.882. The molecule has 26 heavy (non-hydrogen) atoms. The molecule has 4 rings (SSSR count). The van der Waals surface area contributed by atoms with Crippen LogP contribution in [0.25, 0.3) is 0 Å². The molecule has 0 aromatic carbocycles. The lowest BCUT2D eigenvalue weighted by Crippen LogP contribution is -2.33. The molecule has 0 saturated carbocycles. The fourth-order valence-electron chi connectivity index (χ4n) is 3.68. The minimum Gasteiger partial charge on any atom is -0.353 e. The van der Waals surface area contributed by atoms with E-state index in [1.165, 1.54) is 0 Å². The third-order valence-electron chi connectivity index (χ3n) is 4.85. The summed E-state index contributed by atoms with van der Waals surface area (Å²) in [6.45, 7) is 5.45. The van der Waals surface area contributed by atoms with Crippen LogP contribution < -0.4 is 0 Å². The first kappa shape index (κ1) is 18.3. The first-order valence-electron chi connectivity index (χ1n) is 9.20. The minimum atomic E-state index is -0.643. The van der Waals surface area contributed by atoms with Crippen LogP contribution in [0, 0.1) is 0 Å². The lowest BCUT2D eigenvalue weighted by atomic mass is 10.1. The van der Waals surface area contributed by atoms with E-state index in [9.17, 15) is 0 Å². The lowest BCUT2D eigenvalue weighted by Gasteiger charge is -2.23. The van der Waals surface area contributed by atoms with Gasteiger partial charge in [-0.3, -0.25) is 0 Å². The van der Waals surface area contributed by atoms with Gasteiger partial charge in [-0.2, -0.15) is 0 Å². The maximum atomic E-state index is 5.99. The summed E-state index contributed by atoms with van der Waals surface area (Å²) >= 11 is 0. The van der Waals surface area contributed by atoms with Gasteiger partial charge in [-0.15, -0.1) is 5.10 Å². The highest BCUT2D eigenvalue weighted by Crippen LogP contribution is 2.39. The fourth-order valence-corrected chi connectivity index (χ4v) is 3.68. The van der Waals surface area contributed by atoms with Crippen LogP contribution >= 0.6 is 0 Å². The molecule has 3 saturated heterocycles. The van der Waals surface area contributed by atoms with Crippen molar-refractivity contribution in [2.45, 2.75) is 82.9 Å². The van der Waals surface area contributed by atoms with Crippen LogP contribution in [0.1, 0.15) is 38.8 Å². The third kappa shape index (κ3) is 3.92. The number of aromatic nitrogens is 3. The van der Waals surface area contributed by atoms with Crippen LogP contribution in [-0.2, 0) is 41.6 Å². The largest absolute Gasteiger partial charge is 0.353 e.